The number of amides is 1. The lowest BCUT2D eigenvalue weighted by atomic mass is 10.3. The van der Waals surface area contributed by atoms with Gasteiger partial charge in [0.15, 0.2) is 0 Å². The molecule has 0 saturated heterocycles. The summed E-state index contributed by atoms with van der Waals surface area (Å²) in [6, 6.07) is 13.7. The van der Waals surface area contributed by atoms with Gasteiger partial charge in [-0.15, -0.1) is 11.8 Å². The van der Waals surface area contributed by atoms with E-state index in [1.165, 1.54) is 0 Å². The van der Waals surface area contributed by atoms with Crippen LogP contribution in [0.2, 0.25) is 0 Å². The number of thioether (sulfide) groups is 1. The highest BCUT2D eigenvalue weighted by atomic mass is 32.2. The van der Waals surface area contributed by atoms with Gasteiger partial charge >= 0.3 is 0 Å². The topological polar surface area (TPSA) is 59.8 Å². The van der Waals surface area contributed by atoms with Crippen molar-refractivity contribution in [2.24, 2.45) is 0 Å². The van der Waals surface area contributed by atoms with Crippen LogP contribution in [0.25, 0.3) is 11.0 Å². The third-order valence-electron chi connectivity index (χ3n) is 3.43. The largest absolute Gasteiger partial charge is 0.310 e. The number of pyridine rings is 1. The number of nitrogens with one attached hydrogen (secondary N) is 1. The third kappa shape index (κ3) is 3.71. The van der Waals surface area contributed by atoms with Crippen LogP contribution in [0.1, 0.15) is 12.6 Å². The first-order chi connectivity index (χ1) is 11.3. The van der Waals surface area contributed by atoms with Gasteiger partial charge in [0, 0.05) is 18.5 Å². The first-order valence-electron chi connectivity index (χ1n) is 7.50. The molecule has 23 heavy (non-hydrogen) atoms. The molecule has 0 bridgehead atoms. The molecule has 0 atom stereocenters. The average Bonchev–Trinajstić information content (AvgIpc) is 2.92. The number of benzene rings is 1. The summed E-state index contributed by atoms with van der Waals surface area (Å²) in [5.41, 5.74) is 2.91. The van der Waals surface area contributed by atoms with Crippen LogP contribution in [0.5, 0.6) is 0 Å². The zero-order valence-electron chi connectivity index (χ0n) is 12.9. The van der Waals surface area contributed by atoms with E-state index in [2.05, 4.69) is 15.3 Å². The van der Waals surface area contributed by atoms with Gasteiger partial charge in [-0.2, -0.15) is 0 Å². The van der Waals surface area contributed by atoms with Crippen LogP contribution < -0.4 is 5.32 Å². The summed E-state index contributed by atoms with van der Waals surface area (Å²) in [6.45, 7) is 2.80. The van der Waals surface area contributed by atoms with Crippen molar-refractivity contribution in [1.82, 2.24) is 14.5 Å². The number of aryl methyl sites for hydroxylation is 1. The molecular formula is C17H18N4OS. The number of fused-ring (bicyclic) bond motifs is 1. The Kier molecular flexibility index (Phi) is 4.92. The van der Waals surface area contributed by atoms with Crippen LogP contribution >= 0.6 is 11.8 Å². The zero-order chi connectivity index (χ0) is 16.1. The van der Waals surface area contributed by atoms with Crippen LogP contribution in [-0.2, 0) is 17.1 Å². The third-order valence-corrected chi connectivity index (χ3v) is 4.40. The summed E-state index contributed by atoms with van der Waals surface area (Å²) >= 11 is 1.54. The van der Waals surface area contributed by atoms with E-state index in [9.17, 15) is 4.79 Å². The number of hydrogen-bond acceptors (Lipinski definition) is 4. The fourth-order valence-corrected chi connectivity index (χ4v) is 3.12. The Bertz CT molecular complexity index is 801. The summed E-state index contributed by atoms with van der Waals surface area (Å²) in [7, 11) is 0. The van der Waals surface area contributed by atoms with Gasteiger partial charge in [0.2, 0.25) is 11.9 Å². The number of hydrogen-bond donors (Lipinski definition) is 1. The maximum absolute atomic E-state index is 12.1. The second-order valence-corrected chi connectivity index (χ2v) is 6.02. The van der Waals surface area contributed by atoms with E-state index < -0.39 is 0 Å². The molecule has 0 aliphatic carbocycles. The van der Waals surface area contributed by atoms with Gasteiger partial charge in [-0.25, -0.2) is 4.98 Å². The summed E-state index contributed by atoms with van der Waals surface area (Å²) < 4.78 is 2.01. The van der Waals surface area contributed by atoms with Crippen LogP contribution in [0, 0.1) is 0 Å². The standard InChI is InChI=1S/C17H18N4OS/c1-2-21-15-9-4-3-8-14(15)19-17(21)20-16(22)12-23-11-13-7-5-6-10-18-13/h3-10H,2,11-12H2,1H3,(H,19,20,22). The fourth-order valence-electron chi connectivity index (χ4n) is 2.38. The first-order valence-corrected chi connectivity index (χ1v) is 8.66. The van der Waals surface area contributed by atoms with Gasteiger partial charge in [-0.05, 0) is 31.2 Å². The SMILES string of the molecule is CCn1c(NC(=O)CSCc2ccccn2)nc2ccccc21. The highest BCUT2D eigenvalue weighted by Gasteiger charge is 2.11. The summed E-state index contributed by atoms with van der Waals surface area (Å²) in [4.78, 5) is 20.9. The molecule has 1 N–H and O–H groups in total. The number of para-hydroxylation sites is 2. The summed E-state index contributed by atoms with van der Waals surface area (Å²) in [5, 5.41) is 2.91. The van der Waals surface area contributed by atoms with Crippen molar-refractivity contribution in [3.63, 3.8) is 0 Å². The summed E-state index contributed by atoms with van der Waals surface area (Å²) in [5.74, 6) is 1.66. The minimum atomic E-state index is -0.0454. The van der Waals surface area contributed by atoms with Crippen molar-refractivity contribution >= 4 is 34.7 Å². The molecule has 0 unspecified atom stereocenters. The molecule has 2 aromatic heterocycles. The number of rotatable bonds is 6. The molecule has 0 fully saturated rings. The van der Waals surface area contributed by atoms with Gasteiger partial charge < -0.3 is 4.57 Å². The molecule has 0 saturated carbocycles. The molecule has 0 radical (unpaired) electrons. The predicted molar refractivity (Wildman–Crippen MR) is 94.4 cm³/mol. The van der Waals surface area contributed by atoms with E-state index in [1.54, 1.807) is 18.0 Å². The van der Waals surface area contributed by atoms with Crippen molar-refractivity contribution < 1.29 is 4.79 Å². The molecule has 6 heteroatoms. The second kappa shape index (κ2) is 7.28. The van der Waals surface area contributed by atoms with Gasteiger partial charge in [-0.1, -0.05) is 18.2 Å². The van der Waals surface area contributed by atoms with Crippen molar-refractivity contribution in [3.8, 4) is 0 Å². The molecule has 3 aromatic rings. The number of carbonyl (C=O) groups excluding carboxylic acids is 1. The predicted octanol–water partition coefficient (Wildman–Crippen LogP) is 3.32. The van der Waals surface area contributed by atoms with E-state index in [-0.39, 0.29) is 5.91 Å². The number of aromatic nitrogens is 3. The number of anilines is 1. The molecule has 2 heterocycles. The normalized spacial score (nSPS) is 10.8. The molecular weight excluding hydrogens is 308 g/mol. The Morgan fingerprint density at radius 2 is 2.04 bits per heavy atom. The molecule has 0 aliphatic heterocycles. The van der Waals surface area contributed by atoms with Crippen molar-refractivity contribution in [3.05, 3.63) is 54.4 Å². The fraction of sp³-hybridized carbons (Fsp3) is 0.235. The maximum atomic E-state index is 12.1. The minimum absolute atomic E-state index is 0.0454. The smallest absolute Gasteiger partial charge is 0.236 e. The van der Waals surface area contributed by atoms with Gasteiger partial charge in [0.05, 0.1) is 22.5 Å². The highest BCUT2D eigenvalue weighted by molar-refractivity contribution is 7.99. The van der Waals surface area contributed by atoms with Gasteiger partial charge in [0.25, 0.3) is 0 Å². The number of imidazole rings is 1. The van der Waals surface area contributed by atoms with Crippen LogP contribution in [-0.4, -0.2) is 26.2 Å². The number of nitrogens with zero attached hydrogens (tertiary/aromatic N) is 3. The Hall–Kier alpha value is -2.34. The zero-order valence-corrected chi connectivity index (χ0v) is 13.7. The second-order valence-electron chi connectivity index (χ2n) is 5.03. The van der Waals surface area contributed by atoms with E-state index in [0.29, 0.717) is 11.7 Å². The lowest BCUT2D eigenvalue weighted by Crippen LogP contribution is -2.17. The quantitative estimate of drug-likeness (QED) is 0.755. The Balaban J connectivity index is 1.61. The lowest BCUT2D eigenvalue weighted by molar-refractivity contribution is -0.113. The van der Waals surface area contributed by atoms with E-state index in [4.69, 9.17) is 0 Å². The van der Waals surface area contributed by atoms with E-state index in [0.717, 1.165) is 29.0 Å². The monoisotopic (exact) mass is 326 g/mol. The number of carbonyl (C=O) groups is 1. The maximum Gasteiger partial charge on any atom is 0.236 e. The minimum Gasteiger partial charge on any atom is -0.310 e. The Morgan fingerprint density at radius 1 is 1.22 bits per heavy atom. The van der Waals surface area contributed by atoms with Gasteiger partial charge in [0.1, 0.15) is 0 Å². The molecule has 5 nitrogen and oxygen atoms in total. The van der Waals surface area contributed by atoms with Crippen molar-refractivity contribution in [2.75, 3.05) is 11.1 Å². The van der Waals surface area contributed by atoms with Crippen LogP contribution in [0.3, 0.4) is 0 Å². The molecule has 118 valence electrons. The molecule has 3 rings (SSSR count). The lowest BCUT2D eigenvalue weighted by Gasteiger charge is -2.07. The highest BCUT2D eigenvalue weighted by Crippen LogP contribution is 2.19. The van der Waals surface area contributed by atoms with E-state index in [1.807, 2.05) is 54.0 Å². The molecule has 0 aliphatic rings. The molecule has 1 amide bonds. The van der Waals surface area contributed by atoms with Crippen molar-refractivity contribution in [1.29, 1.82) is 0 Å². The van der Waals surface area contributed by atoms with Crippen molar-refractivity contribution in [2.45, 2.75) is 19.2 Å². The van der Waals surface area contributed by atoms with Crippen LogP contribution in [0.4, 0.5) is 5.95 Å². The Morgan fingerprint density at radius 3 is 2.83 bits per heavy atom. The first kappa shape index (κ1) is 15.6. The molecule has 1 aromatic carbocycles. The van der Waals surface area contributed by atoms with Crippen LogP contribution in [0.15, 0.2) is 48.7 Å². The van der Waals surface area contributed by atoms with E-state index >= 15 is 0 Å². The summed E-state index contributed by atoms with van der Waals surface area (Å²) in [6.07, 6.45) is 1.76. The van der Waals surface area contributed by atoms with Gasteiger partial charge in [-0.3, -0.25) is 15.1 Å². The Labute approximate surface area is 139 Å². The molecule has 0 spiro atoms. The average molecular weight is 326 g/mol.